The molecule has 5 nitrogen and oxygen atoms in total. The number of allylic oxidation sites excluding steroid dienone is 1. The molecule has 0 aliphatic carbocycles. The number of benzene rings is 2. The quantitative estimate of drug-likeness (QED) is 0.764. The Balaban J connectivity index is 1.92. The van der Waals surface area contributed by atoms with Crippen molar-refractivity contribution in [2.45, 2.75) is 13.3 Å². The van der Waals surface area contributed by atoms with Gasteiger partial charge in [0, 0.05) is 5.69 Å². The predicted molar refractivity (Wildman–Crippen MR) is 92.5 cm³/mol. The van der Waals surface area contributed by atoms with E-state index in [9.17, 15) is 9.59 Å². The van der Waals surface area contributed by atoms with Gasteiger partial charge in [0.05, 0.1) is 12.2 Å². The van der Waals surface area contributed by atoms with Crippen molar-refractivity contribution in [3.05, 3.63) is 71.8 Å². The lowest BCUT2D eigenvalue weighted by Gasteiger charge is -2.04. The molecule has 5 heteroatoms. The number of hydrogen-bond acceptors (Lipinski definition) is 3. The van der Waals surface area contributed by atoms with Crippen molar-refractivity contribution in [1.29, 1.82) is 0 Å². The zero-order valence-corrected chi connectivity index (χ0v) is 13.4. The molecule has 2 N–H and O–H groups in total. The maximum atomic E-state index is 11.9. The van der Waals surface area contributed by atoms with E-state index in [1.54, 1.807) is 18.2 Å². The number of nitrogens with one attached hydrogen (secondary N) is 1. The van der Waals surface area contributed by atoms with Gasteiger partial charge >= 0.3 is 5.97 Å². The van der Waals surface area contributed by atoms with Gasteiger partial charge in [0.25, 0.3) is 0 Å². The van der Waals surface area contributed by atoms with Crippen LogP contribution >= 0.6 is 0 Å². The zero-order valence-electron chi connectivity index (χ0n) is 13.4. The van der Waals surface area contributed by atoms with Crippen molar-refractivity contribution in [2.75, 3.05) is 11.9 Å². The van der Waals surface area contributed by atoms with Crippen LogP contribution in [0.3, 0.4) is 0 Å². The molecule has 1 amide bonds. The van der Waals surface area contributed by atoms with E-state index < -0.39 is 5.97 Å². The van der Waals surface area contributed by atoms with Gasteiger partial charge in [0.2, 0.25) is 5.91 Å². The van der Waals surface area contributed by atoms with Crippen molar-refractivity contribution in [2.24, 2.45) is 0 Å². The van der Waals surface area contributed by atoms with Crippen LogP contribution < -0.4 is 10.1 Å². The Morgan fingerprint density at radius 1 is 1.17 bits per heavy atom. The van der Waals surface area contributed by atoms with Crippen molar-refractivity contribution < 1.29 is 19.4 Å². The van der Waals surface area contributed by atoms with E-state index >= 15 is 0 Å². The smallest absolute Gasteiger partial charge is 0.335 e. The summed E-state index contributed by atoms with van der Waals surface area (Å²) in [5.41, 5.74) is 1.62. The molecule has 0 aliphatic heterocycles. The lowest BCUT2D eigenvalue weighted by molar-refractivity contribution is -0.111. The lowest BCUT2D eigenvalue weighted by atomic mass is 10.1. The molecular weight excluding hydrogens is 306 g/mol. The Bertz CT molecular complexity index is 753. The number of amides is 1. The molecule has 0 spiro atoms. The molecule has 2 aromatic carbocycles. The first-order valence-corrected chi connectivity index (χ1v) is 7.61. The average Bonchev–Trinajstić information content (AvgIpc) is 2.56. The first-order chi connectivity index (χ1) is 11.6. The molecule has 0 saturated heterocycles. The number of hydrogen-bond donors (Lipinski definition) is 2. The number of ether oxygens (including phenoxy) is 1. The van der Waals surface area contributed by atoms with E-state index in [0.29, 0.717) is 18.7 Å². The minimum Gasteiger partial charge on any atom is -0.494 e. The highest BCUT2D eigenvalue weighted by atomic mass is 16.5. The minimum atomic E-state index is -1.03. The SMILES string of the molecule is CCOc1cccc(CC=CC(=O)Nc2cccc(C(=O)O)c2)c1. The topological polar surface area (TPSA) is 75.6 Å². The lowest BCUT2D eigenvalue weighted by Crippen LogP contribution is -2.08. The summed E-state index contributed by atoms with van der Waals surface area (Å²) < 4.78 is 5.43. The van der Waals surface area contributed by atoms with Crippen LogP contribution in [0, 0.1) is 0 Å². The summed E-state index contributed by atoms with van der Waals surface area (Å²) in [5.74, 6) is -0.535. The highest BCUT2D eigenvalue weighted by molar-refractivity contribution is 6.00. The molecule has 0 aliphatic rings. The summed E-state index contributed by atoms with van der Waals surface area (Å²) in [4.78, 5) is 22.8. The Hall–Kier alpha value is -3.08. The maximum Gasteiger partial charge on any atom is 0.335 e. The van der Waals surface area contributed by atoms with Crippen LogP contribution in [-0.2, 0) is 11.2 Å². The third-order valence-electron chi connectivity index (χ3n) is 3.21. The van der Waals surface area contributed by atoms with Crippen LogP contribution in [0.25, 0.3) is 0 Å². The largest absolute Gasteiger partial charge is 0.494 e. The standard InChI is InChI=1S/C19H19NO4/c1-2-24-17-10-3-6-14(12-17)7-4-11-18(21)20-16-9-5-8-15(13-16)19(22)23/h3-6,8-13H,2,7H2,1H3,(H,20,21)(H,22,23). The molecule has 0 fully saturated rings. The third-order valence-corrected chi connectivity index (χ3v) is 3.21. The first-order valence-electron chi connectivity index (χ1n) is 7.61. The molecule has 2 rings (SSSR count). The summed E-state index contributed by atoms with van der Waals surface area (Å²) in [7, 11) is 0. The molecule has 0 atom stereocenters. The fourth-order valence-corrected chi connectivity index (χ4v) is 2.14. The van der Waals surface area contributed by atoms with Crippen molar-refractivity contribution in [1.82, 2.24) is 0 Å². The molecule has 0 heterocycles. The fraction of sp³-hybridized carbons (Fsp3) is 0.158. The zero-order chi connectivity index (χ0) is 17.4. The number of carbonyl (C=O) groups excluding carboxylic acids is 1. The summed E-state index contributed by atoms with van der Waals surface area (Å²) >= 11 is 0. The first kappa shape index (κ1) is 17.3. The summed E-state index contributed by atoms with van der Waals surface area (Å²) in [6, 6.07) is 13.8. The summed E-state index contributed by atoms with van der Waals surface area (Å²) in [6.45, 7) is 2.54. The Morgan fingerprint density at radius 2 is 1.96 bits per heavy atom. The van der Waals surface area contributed by atoms with Crippen LogP contribution in [0.5, 0.6) is 5.75 Å². The van der Waals surface area contributed by atoms with Crippen molar-refractivity contribution >= 4 is 17.6 Å². The van der Waals surface area contributed by atoms with Gasteiger partial charge in [-0.25, -0.2) is 4.79 Å². The van der Waals surface area contributed by atoms with Crippen LogP contribution in [-0.4, -0.2) is 23.6 Å². The van der Waals surface area contributed by atoms with Gasteiger partial charge in [-0.1, -0.05) is 24.3 Å². The molecule has 2 aromatic rings. The second-order valence-corrected chi connectivity index (χ2v) is 5.06. The number of rotatable bonds is 7. The maximum absolute atomic E-state index is 11.9. The van der Waals surface area contributed by atoms with Gasteiger partial charge in [-0.2, -0.15) is 0 Å². The van der Waals surface area contributed by atoms with Crippen molar-refractivity contribution in [3.63, 3.8) is 0 Å². The van der Waals surface area contributed by atoms with E-state index in [1.165, 1.54) is 18.2 Å². The Morgan fingerprint density at radius 3 is 2.71 bits per heavy atom. The molecule has 0 radical (unpaired) electrons. The second-order valence-electron chi connectivity index (χ2n) is 5.06. The molecular formula is C19H19NO4. The van der Waals surface area contributed by atoms with E-state index in [0.717, 1.165) is 11.3 Å². The predicted octanol–water partition coefficient (Wildman–Crippen LogP) is 3.52. The van der Waals surface area contributed by atoms with Crippen LogP contribution in [0.2, 0.25) is 0 Å². The van der Waals surface area contributed by atoms with E-state index in [1.807, 2.05) is 31.2 Å². The molecule has 0 bridgehead atoms. The van der Waals surface area contributed by atoms with E-state index in [4.69, 9.17) is 9.84 Å². The monoisotopic (exact) mass is 325 g/mol. The van der Waals surface area contributed by atoms with Crippen molar-refractivity contribution in [3.8, 4) is 5.75 Å². The van der Waals surface area contributed by atoms with Crippen LogP contribution in [0.4, 0.5) is 5.69 Å². The molecule has 24 heavy (non-hydrogen) atoms. The molecule has 0 saturated carbocycles. The van der Waals surface area contributed by atoms with E-state index in [2.05, 4.69) is 5.32 Å². The highest BCUT2D eigenvalue weighted by Gasteiger charge is 2.04. The highest BCUT2D eigenvalue weighted by Crippen LogP contribution is 2.14. The van der Waals surface area contributed by atoms with Gasteiger partial charge in [-0.15, -0.1) is 0 Å². The average molecular weight is 325 g/mol. The minimum absolute atomic E-state index is 0.129. The van der Waals surface area contributed by atoms with Gasteiger partial charge in [-0.3, -0.25) is 4.79 Å². The summed E-state index contributed by atoms with van der Waals surface area (Å²) in [6.07, 6.45) is 3.78. The fourth-order valence-electron chi connectivity index (χ4n) is 2.14. The molecule has 124 valence electrons. The van der Waals surface area contributed by atoms with Crippen LogP contribution in [0.15, 0.2) is 60.7 Å². The van der Waals surface area contributed by atoms with Gasteiger partial charge in [0.15, 0.2) is 0 Å². The number of anilines is 1. The number of carboxylic acids is 1. The normalized spacial score (nSPS) is 10.5. The number of carbonyl (C=O) groups is 2. The molecule has 0 aromatic heterocycles. The van der Waals surface area contributed by atoms with E-state index in [-0.39, 0.29) is 11.5 Å². The van der Waals surface area contributed by atoms with Gasteiger partial charge in [-0.05, 0) is 55.3 Å². The van der Waals surface area contributed by atoms with Crippen LogP contribution in [0.1, 0.15) is 22.8 Å². The van der Waals surface area contributed by atoms with Gasteiger partial charge < -0.3 is 15.2 Å². The van der Waals surface area contributed by atoms with Gasteiger partial charge in [0.1, 0.15) is 5.75 Å². The third kappa shape index (κ3) is 5.28. The molecule has 0 unspecified atom stereocenters. The second kappa shape index (κ2) is 8.53. The summed E-state index contributed by atoms with van der Waals surface area (Å²) in [5, 5.41) is 11.6. The Kier molecular flexibility index (Phi) is 6.14. The number of aromatic carboxylic acids is 1. The number of carboxylic acid groups (broad SMARTS) is 1. The Labute approximate surface area is 140 Å².